The lowest BCUT2D eigenvalue weighted by molar-refractivity contribution is -0.114. The van der Waals surface area contributed by atoms with E-state index in [0.717, 1.165) is 57.9 Å². The molecule has 0 spiro atoms. The number of nitrogens with one attached hydrogen (secondary N) is 1. The number of alkyl halides is 2. The highest BCUT2D eigenvalue weighted by Gasteiger charge is 2.32. The summed E-state index contributed by atoms with van der Waals surface area (Å²) in [5, 5.41) is 8.20. The molecule has 1 aliphatic carbocycles. The first kappa shape index (κ1) is 23.3. The fourth-order valence-corrected chi connectivity index (χ4v) is 4.06. The summed E-state index contributed by atoms with van der Waals surface area (Å²) in [6, 6.07) is 3.19. The molecule has 2 aliphatic rings. The number of carbonyl (C=O) groups excluding carboxylic acids is 1. The predicted molar refractivity (Wildman–Crippen MR) is 126 cm³/mol. The van der Waals surface area contributed by atoms with E-state index in [1.54, 1.807) is 12.3 Å². The van der Waals surface area contributed by atoms with Gasteiger partial charge in [0.1, 0.15) is 11.9 Å². The Morgan fingerprint density at radius 2 is 1.94 bits per heavy atom. The topological polar surface area (TPSA) is 101 Å². The van der Waals surface area contributed by atoms with Gasteiger partial charge in [0.25, 0.3) is 0 Å². The van der Waals surface area contributed by atoms with Crippen LogP contribution in [-0.2, 0) is 10.7 Å². The van der Waals surface area contributed by atoms with Crippen LogP contribution < -0.4 is 15.0 Å². The van der Waals surface area contributed by atoms with E-state index < -0.39 is 11.7 Å². The molecular weight excluding hydrogens is 458 g/mol. The van der Waals surface area contributed by atoms with Crippen LogP contribution in [0.5, 0.6) is 5.88 Å². The number of piperazine rings is 1. The number of halogens is 2. The molecule has 3 aromatic rings. The summed E-state index contributed by atoms with van der Waals surface area (Å²) in [6.07, 6.45) is 3.35. The van der Waals surface area contributed by atoms with E-state index in [2.05, 4.69) is 37.0 Å². The normalized spacial score (nSPS) is 17.1. The van der Waals surface area contributed by atoms with Gasteiger partial charge in [0.15, 0.2) is 11.6 Å². The lowest BCUT2D eigenvalue weighted by Crippen LogP contribution is -2.46. The van der Waals surface area contributed by atoms with Crippen LogP contribution >= 0.6 is 0 Å². The third-order valence-electron chi connectivity index (χ3n) is 6.08. The number of hydrogen-bond acceptors (Lipinski definition) is 8. The van der Waals surface area contributed by atoms with Gasteiger partial charge in [0, 0.05) is 58.4 Å². The molecule has 1 amide bonds. The van der Waals surface area contributed by atoms with Gasteiger partial charge in [-0.3, -0.25) is 4.79 Å². The fraction of sp³-hybridized carbons (Fsp3) is 0.522. The maximum atomic E-state index is 14.3. The third kappa shape index (κ3) is 5.02. The van der Waals surface area contributed by atoms with Crippen molar-refractivity contribution < 1.29 is 18.3 Å². The van der Waals surface area contributed by atoms with Crippen LogP contribution in [0.3, 0.4) is 0 Å². The molecule has 12 heteroatoms. The number of hydrogen-bond donors (Lipinski definition) is 1. The van der Waals surface area contributed by atoms with Gasteiger partial charge < -0.3 is 19.9 Å². The molecular formula is C23H28F2N8O2. The molecule has 10 nitrogen and oxygen atoms in total. The second-order valence-corrected chi connectivity index (χ2v) is 9.02. The lowest BCUT2D eigenvalue weighted by Gasteiger charge is -2.34. The van der Waals surface area contributed by atoms with Gasteiger partial charge in [-0.15, -0.1) is 5.10 Å². The van der Waals surface area contributed by atoms with Crippen molar-refractivity contribution in [3.63, 3.8) is 0 Å². The summed E-state index contributed by atoms with van der Waals surface area (Å²) in [4.78, 5) is 28.6. The molecule has 0 aromatic carbocycles. The Hall–Kier alpha value is -3.41. The number of carbonyl (C=O) groups is 1. The van der Waals surface area contributed by atoms with E-state index in [4.69, 9.17) is 9.84 Å². The van der Waals surface area contributed by atoms with Gasteiger partial charge in [-0.25, -0.2) is 14.6 Å². The zero-order chi connectivity index (χ0) is 24.7. The van der Waals surface area contributed by atoms with Crippen molar-refractivity contribution >= 4 is 28.4 Å². The van der Waals surface area contributed by atoms with Gasteiger partial charge >= 0.3 is 5.92 Å². The highest BCUT2D eigenvalue weighted by atomic mass is 19.3. The predicted octanol–water partition coefficient (Wildman–Crippen LogP) is 2.96. The number of amides is 1. The summed E-state index contributed by atoms with van der Waals surface area (Å²) < 4.78 is 35.8. The number of likely N-dealkylation sites (N-methyl/N-ethyl adjacent to an activating group) is 1. The van der Waals surface area contributed by atoms with Crippen molar-refractivity contribution in [2.75, 3.05) is 42.9 Å². The molecule has 35 heavy (non-hydrogen) atoms. The second kappa shape index (κ2) is 8.99. The monoisotopic (exact) mass is 486 g/mol. The van der Waals surface area contributed by atoms with Crippen LogP contribution in [0.4, 0.5) is 20.4 Å². The average molecular weight is 487 g/mol. The molecule has 1 N–H and O–H groups in total. The smallest absolute Gasteiger partial charge is 0.304 e. The fourth-order valence-electron chi connectivity index (χ4n) is 4.06. The minimum absolute atomic E-state index is 0.0218. The Labute approximate surface area is 201 Å². The zero-order valence-corrected chi connectivity index (χ0v) is 20.0. The summed E-state index contributed by atoms with van der Waals surface area (Å²) in [5.74, 6) is -2.90. The van der Waals surface area contributed by atoms with E-state index in [-0.39, 0.29) is 23.7 Å². The Kier molecular flexibility index (Phi) is 5.99. The SMILES string of the molecule is CCN1CCN(c2nn(-c3cc(OC4CC4)nc(C(C)(F)F)n3)c3cc(NC(C)=O)ncc23)CC1. The number of anilines is 2. The Morgan fingerprint density at radius 1 is 1.20 bits per heavy atom. The van der Waals surface area contributed by atoms with Gasteiger partial charge in [0.05, 0.1) is 10.9 Å². The molecule has 4 heterocycles. The van der Waals surface area contributed by atoms with Crippen molar-refractivity contribution in [1.29, 1.82) is 0 Å². The van der Waals surface area contributed by atoms with Crippen molar-refractivity contribution in [2.45, 2.75) is 45.6 Å². The molecule has 0 bridgehead atoms. The van der Waals surface area contributed by atoms with E-state index >= 15 is 0 Å². The lowest BCUT2D eigenvalue weighted by atomic mass is 10.2. The van der Waals surface area contributed by atoms with E-state index in [0.29, 0.717) is 17.2 Å². The first-order chi connectivity index (χ1) is 16.7. The number of fused-ring (bicyclic) bond motifs is 1. The van der Waals surface area contributed by atoms with Crippen LogP contribution in [0.25, 0.3) is 16.7 Å². The number of nitrogens with zero attached hydrogens (tertiary/aromatic N) is 7. The van der Waals surface area contributed by atoms with Gasteiger partial charge in [0.2, 0.25) is 17.6 Å². The van der Waals surface area contributed by atoms with E-state index in [1.165, 1.54) is 17.7 Å². The molecule has 1 saturated heterocycles. The van der Waals surface area contributed by atoms with Crippen LogP contribution in [0.2, 0.25) is 0 Å². The molecule has 0 atom stereocenters. The number of rotatable bonds is 7. The second-order valence-electron chi connectivity index (χ2n) is 9.02. The summed E-state index contributed by atoms with van der Waals surface area (Å²) >= 11 is 0. The maximum absolute atomic E-state index is 14.3. The Balaban J connectivity index is 1.63. The minimum atomic E-state index is -3.26. The van der Waals surface area contributed by atoms with E-state index in [9.17, 15) is 13.6 Å². The van der Waals surface area contributed by atoms with Crippen molar-refractivity contribution in [2.24, 2.45) is 0 Å². The van der Waals surface area contributed by atoms with Crippen LogP contribution in [0.1, 0.15) is 39.4 Å². The quantitative estimate of drug-likeness (QED) is 0.544. The first-order valence-corrected chi connectivity index (χ1v) is 11.8. The van der Waals surface area contributed by atoms with Gasteiger partial charge in [-0.1, -0.05) is 6.92 Å². The highest BCUT2D eigenvalue weighted by molar-refractivity contribution is 5.95. The molecule has 0 unspecified atom stereocenters. The Bertz CT molecular complexity index is 1250. The van der Waals surface area contributed by atoms with Crippen LogP contribution in [-0.4, -0.2) is 74.4 Å². The minimum Gasteiger partial charge on any atom is -0.474 e. The molecule has 0 radical (unpaired) electrons. The molecule has 1 aliphatic heterocycles. The van der Waals surface area contributed by atoms with E-state index in [1.807, 2.05) is 0 Å². The maximum Gasteiger partial charge on any atom is 0.304 e. The van der Waals surface area contributed by atoms with Crippen molar-refractivity contribution in [3.8, 4) is 11.7 Å². The number of aromatic nitrogens is 5. The standard InChI is InChI=1S/C23H28F2N8O2/c1-4-31-7-9-32(10-8-31)21-16-13-26-18(27-14(2)34)11-17(16)33(30-21)19-12-20(35-15-5-6-15)29-22(28-19)23(3,24)25/h11-13,15H,4-10H2,1-3H3,(H,26,27,34). The first-order valence-electron chi connectivity index (χ1n) is 11.8. The summed E-state index contributed by atoms with van der Waals surface area (Å²) in [5.41, 5.74) is 0.582. The van der Waals surface area contributed by atoms with Crippen molar-refractivity contribution in [3.05, 3.63) is 24.2 Å². The average Bonchev–Trinajstić information content (AvgIpc) is 3.55. The molecule has 2 fully saturated rings. The largest absolute Gasteiger partial charge is 0.474 e. The third-order valence-corrected chi connectivity index (χ3v) is 6.08. The molecule has 186 valence electrons. The van der Waals surface area contributed by atoms with Gasteiger partial charge in [-0.2, -0.15) is 13.8 Å². The van der Waals surface area contributed by atoms with Crippen LogP contribution in [0, 0.1) is 0 Å². The highest BCUT2D eigenvalue weighted by Crippen LogP contribution is 2.33. The van der Waals surface area contributed by atoms with Gasteiger partial charge in [-0.05, 0) is 19.4 Å². The molecule has 5 rings (SSSR count). The van der Waals surface area contributed by atoms with Crippen molar-refractivity contribution in [1.82, 2.24) is 29.6 Å². The zero-order valence-electron chi connectivity index (χ0n) is 20.0. The number of ether oxygens (including phenoxy) is 1. The number of pyridine rings is 1. The summed E-state index contributed by atoms with van der Waals surface area (Å²) in [7, 11) is 0. The molecule has 1 saturated carbocycles. The Morgan fingerprint density at radius 3 is 2.57 bits per heavy atom. The van der Waals surface area contributed by atoms with Crippen LogP contribution in [0.15, 0.2) is 18.3 Å². The molecule has 3 aromatic heterocycles. The summed E-state index contributed by atoms with van der Waals surface area (Å²) in [6.45, 7) is 8.57.